The molecular weight excluding hydrogens is 275 g/mol. The zero-order chi connectivity index (χ0) is 14.9. The number of hydrogen-bond acceptors (Lipinski definition) is 2. The van der Waals surface area contributed by atoms with E-state index in [4.69, 9.17) is 11.6 Å². The lowest BCUT2D eigenvalue weighted by molar-refractivity contribution is 0.0474. The quantitative estimate of drug-likeness (QED) is 0.915. The van der Waals surface area contributed by atoms with Gasteiger partial charge in [0, 0.05) is 36.2 Å². The summed E-state index contributed by atoms with van der Waals surface area (Å²) in [6, 6.07) is 5.06. The normalized spacial score (nSPS) is 23.2. The minimum atomic E-state index is -0.224. The molecular formula is C16H24ClFN2. The summed E-state index contributed by atoms with van der Waals surface area (Å²) in [6.45, 7) is 11.5. The summed E-state index contributed by atoms with van der Waals surface area (Å²) in [5.41, 5.74) is 0.908. The van der Waals surface area contributed by atoms with Gasteiger partial charge in [0.25, 0.3) is 0 Å². The molecule has 1 aliphatic rings. The summed E-state index contributed by atoms with van der Waals surface area (Å²) in [5, 5.41) is 4.24. The van der Waals surface area contributed by atoms with Gasteiger partial charge in [-0.1, -0.05) is 25.4 Å². The highest BCUT2D eigenvalue weighted by Gasteiger charge is 2.35. The number of nitrogens with one attached hydrogen (secondary N) is 1. The average Bonchev–Trinajstić information content (AvgIpc) is 2.35. The Morgan fingerprint density at radius 3 is 2.80 bits per heavy atom. The first-order valence-corrected chi connectivity index (χ1v) is 7.60. The molecule has 0 aromatic heterocycles. The third-order valence-corrected chi connectivity index (χ3v) is 4.61. The molecule has 0 spiro atoms. The highest BCUT2D eigenvalue weighted by Crippen LogP contribution is 2.26. The van der Waals surface area contributed by atoms with Gasteiger partial charge in [0.05, 0.1) is 0 Å². The highest BCUT2D eigenvalue weighted by molar-refractivity contribution is 6.31. The van der Waals surface area contributed by atoms with E-state index >= 15 is 0 Å². The van der Waals surface area contributed by atoms with E-state index in [0.717, 1.165) is 18.7 Å². The van der Waals surface area contributed by atoms with Crippen LogP contribution in [0.3, 0.4) is 0 Å². The first kappa shape index (κ1) is 15.7. The molecule has 4 heteroatoms. The molecule has 0 radical (unpaired) electrons. The molecule has 1 N–H and O–H groups in total. The van der Waals surface area contributed by atoms with Crippen molar-refractivity contribution in [3.63, 3.8) is 0 Å². The lowest BCUT2D eigenvalue weighted by Crippen LogP contribution is -2.62. The molecule has 112 valence electrons. The second-order valence-corrected chi connectivity index (χ2v) is 7.07. The highest BCUT2D eigenvalue weighted by atomic mass is 35.5. The van der Waals surface area contributed by atoms with Crippen molar-refractivity contribution < 1.29 is 4.39 Å². The molecule has 1 unspecified atom stereocenters. The third-order valence-electron chi connectivity index (χ3n) is 4.24. The molecule has 0 amide bonds. The Kier molecular flexibility index (Phi) is 4.73. The first-order valence-electron chi connectivity index (χ1n) is 7.22. The van der Waals surface area contributed by atoms with Gasteiger partial charge < -0.3 is 5.32 Å². The van der Waals surface area contributed by atoms with Crippen molar-refractivity contribution in [2.75, 3.05) is 13.1 Å². The fraction of sp³-hybridized carbons (Fsp3) is 0.625. The summed E-state index contributed by atoms with van der Waals surface area (Å²) >= 11 is 6.20. The number of rotatable bonds is 3. The Morgan fingerprint density at radius 1 is 1.45 bits per heavy atom. The molecule has 1 aromatic carbocycles. The SMILES string of the molecule is CC(C)C1CN(Cc2cc(F)ccc2Cl)C(C)(C)CN1. The van der Waals surface area contributed by atoms with Gasteiger partial charge in [-0.3, -0.25) is 4.90 Å². The van der Waals surface area contributed by atoms with Crippen LogP contribution < -0.4 is 5.32 Å². The maximum atomic E-state index is 13.4. The lowest BCUT2D eigenvalue weighted by atomic mass is 9.92. The third kappa shape index (κ3) is 3.51. The van der Waals surface area contributed by atoms with Crippen LogP contribution in [-0.4, -0.2) is 29.6 Å². The number of halogens is 2. The predicted octanol–water partition coefficient (Wildman–Crippen LogP) is 3.69. The second-order valence-electron chi connectivity index (χ2n) is 6.66. The Morgan fingerprint density at radius 2 is 2.15 bits per heavy atom. The van der Waals surface area contributed by atoms with Gasteiger partial charge >= 0.3 is 0 Å². The minimum absolute atomic E-state index is 0.0427. The van der Waals surface area contributed by atoms with Crippen molar-refractivity contribution in [1.29, 1.82) is 0 Å². The molecule has 20 heavy (non-hydrogen) atoms. The van der Waals surface area contributed by atoms with E-state index in [1.54, 1.807) is 12.1 Å². The van der Waals surface area contributed by atoms with E-state index in [1.807, 2.05) is 0 Å². The van der Waals surface area contributed by atoms with Gasteiger partial charge in [0.1, 0.15) is 5.82 Å². The van der Waals surface area contributed by atoms with Crippen LogP contribution in [0, 0.1) is 11.7 Å². The van der Waals surface area contributed by atoms with Crippen molar-refractivity contribution in [2.45, 2.75) is 45.8 Å². The molecule has 1 atom stereocenters. The molecule has 1 heterocycles. The smallest absolute Gasteiger partial charge is 0.123 e. The number of hydrogen-bond donors (Lipinski definition) is 1. The van der Waals surface area contributed by atoms with Gasteiger partial charge in [-0.25, -0.2) is 4.39 Å². The Hall–Kier alpha value is -0.640. The van der Waals surface area contributed by atoms with Crippen LogP contribution in [0.1, 0.15) is 33.3 Å². The molecule has 2 rings (SSSR count). The topological polar surface area (TPSA) is 15.3 Å². The summed E-state index contributed by atoms with van der Waals surface area (Å²) in [4.78, 5) is 2.40. The molecule has 0 saturated carbocycles. The van der Waals surface area contributed by atoms with E-state index in [0.29, 0.717) is 23.5 Å². The van der Waals surface area contributed by atoms with E-state index < -0.39 is 0 Å². The largest absolute Gasteiger partial charge is 0.311 e. The van der Waals surface area contributed by atoms with E-state index in [1.165, 1.54) is 6.07 Å². The monoisotopic (exact) mass is 298 g/mol. The Labute approximate surface area is 126 Å². The van der Waals surface area contributed by atoms with Crippen LogP contribution in [0.15, 0.2) is 18.2 Å². The van der Waals surface area contributed by atoms with Crippen LogP contribution in [0.25, 0.3) is 0 Å². The van der Waals surface area contributed by atoms with E-state index in [-0.39, 0.29) is 11.4 Å². The molecule has 1 aromatic rings. The van der Waals surface area contributed by atoms with Crippen LogP contribution in [0.5, 0.6) is 0 Å². The maximum Gasteiger partial charge on any atom is 0.123 e. The van der Waals surface area contributed by atoms with Gasteiger partial charge in [-0.15, -0.1) is 0 Å². The van der Waals surface area contributed by atoms with Gasteiger partial charge in [-0.2, -0.15) is 0 Å². The number of piperazine rings is 1. The fourth-order valence-electron chi connectivity index (χ4n) is 2.64. The zero-order valence-corrected chi connectivity index (χ0v) is 13.5. The standard InChI is InChI=1S/C16H24ClFN2/c1-11(2)15-9-20(16(3,4)10-19-15)8-12-7-13(18)5-6-14(12)17/h5-7,11,15,19H,8-10H2,1-4H3. The molecule has 0 bridgehead atoms. The van der Waals surface area contributed by atoms with E-state index in [9.17, 15) is 4.39 Å². The van der Waals surface area contributed by atoms with Gasteiger partial charge in [0.2, 0.25) is 0 Å². The minimum Gasteiger partial charge on any atom is -0.311 e. The van der Waals surface area contributed by atoms with Crippen molar-refractivity contribution in [3.05, 3.63) is 34.6 Å². The van der Waals surface area contributed by atoms with Gasteiger partial charge in [-0.05, 0) is 43.5 Å². The van der Waals surface area contributed by atoms with Crippen LogP contribution in [0.4, 0.5) is 4.39 Å². The summed E-state index contributed by atoms with van der Waals surface area (Å²) in [5.74, 6) is 0.356. The average molecular weight is 299 g/mol. The summed E-state index contributed by atoms with van der Waals surface area (Å²) < 4.78 is 13.4. The Balaban J connectivity index is 2.18. The maximum absolute atomic E-state index is 13.4. The van der Waals surface area contributed by atoms with Crippen LogP contribution in [0.2, 0.25) is 5.02 Å². The van der Waals surface area contributed by atoms with Crippen LogP contribution in [-0.2, 0) is 6.54 Å². The van der Waals surface area contributed by atoms with E-state index in [2.05, 4.69) is 37.9 Å². The first-order chi connectivity index (χ1) is 9.29. The van der Waals surface area contributed by atoms with Crippen molar-refractivity contribution in [1.82, 2.24) is 10.2 Å². The van der Waals surface area contributed by atoms with Crippen LogP contribution >= 0.6 is 11.6 Å². The van der Waals surface area contributed by atoms with Crippen molar-refractivity contribution in [3.8, 4) is 0 Å². The van der Waals surface area contributed by atoms with Crippen molar-refractivity contribution >= 4 is 11.6 Å². The zero-order valence-electron chi connectivity index (χ0n) is 12.7. The van der Waals surface area contributed by atoms with Crippen molar-refractivity contribution in [2.24, 2.45) is 5.92 Å². The summed E-state index contributed by atoms with van der Waals surface area (Å²) in [6.07, 6.45) is 0. The molecule has 0 aliphatic carbocycles. The fourth-order valence-corrected chi connectivity index (χ4v) is 2.81. The number of nitrogens with zero attached hydrogens (tertiary/aromatic N) is 1. The molecule has 1 aliphatic heterocycles. The molecule has 1 saturated heterocycles. The Bertz CT molecular complexity index is 474. The molecule has 2 nitrogen and oxygen atoms in total. The number of benzene rings is 1. The van der Waals surface area contributed by atoms with Gasteiger partial charge in [0.15, 0.2) is 0 Å². The predicted molar refractivity (Wildman–Crippen MR) is 82.5 cm³/mol. The second kappa shape index (κ2) is 6.00. The lowest BCUT2D eigenvalue weighted by Gasteiger charge is -2.47. The summed E-state index contributed by atoms with van der Waals surface area (Å²) in [7, 11) is 0. The molecule has 1 fully saturated rings.